The number of nitrogens with zero attached hydrogens (tertiary/aromatic N) is 1. The summed E-state index contributed by atoms with van der Waals surface area (Å²) in [5.74, 6) is -0.814. The topological polar surface area (TPSA) is 57.6 Å². The monoisotopic (exact) mass is 225 g/mol. The van der Waals surface area contributed by atoms with Crippen molar-refractivity contribution >= 4 is 23.4 Å². The van der Waals surface area contributed by atoms with E-state index in [0.717, 1.165) is 4.90 Å². The van der Waals surface area contributed by atoms with Gasteiger partial charge < -0.3 is 5.11 Å². The molecule has 0 unspecified atom stereocenters. The molecule has 0 saturated heterocycles. The molecule has 78 valence electrons. The highest BCUT2D eigenvalue weighted by atomic mass is 35.5. The van der Waals surface area contributed by atoms with Gasteiger partial charge in [0.15, 0.2) is 0 Å². The molecule has 0 spiro atoms. The van der Waals surface area contributed by atoms with E-state index in [0.29, 0.717) is 11.1 Å². The van der Waals surface area contributed by atoms with E-state index in [2.05, 4.69) is 0 Å². The Morgan fingerprint density at radius 3 is 2.07 bits per heavy atom. The van der Waals surface area contributed by atoms with Crippen molar-refractivity contribution in [3.8, 4) is 0 Å². The molecule has 1 N–H and O–H groups in total. The first-order valence-corrected chi connectivity index (χ1v) is 4.82. The fourth-order valence-electron chi connectivity index (χ4n) is 1.56. The summed E-state index contributed by atoms with van der Waals surface area (Å²) in [7, 11) is 0. The first-order valence-electron chi connectivity index (χ1n) is 4.38. The molecule has 0 aromatic heterocycles. The molecule has 1 aromatic carbocycles. The summed E-state index contributed by atoms with van der Waals surface area (Å²) in [4.78, 5) is 24.3. The highest BCUT2D eigenvalue weighted by Crippen LogP contribution is 2.22. The number of alkyl halides is 1. The van der Waals surface area contributed by atoms with Crippen LogP contribution in [0, 0.1) is 0 Å². The Morgan fingerprint density at radius 1 is 1.20 bits per heavy atom. The Bertz CT molecular complexity index is 395. The van der Waals surface area contributed by atoms with Crippen LogP contribution in [0.15, 0.2) is 24.3 Å². The lowest BCUT2D eigenvalue weighted by Gasteiger charge is -2.13. The Kier molecular flexibility index (Phi) is 2.46. The summed E-state index contributed by atoms with van der Waals surface area (Å²) >= 11 is 5.34. The van der Waals surface area contributed by atoms with Crippen molar-refractivity contribution in [2.24, 2.45) is 0 Å². The number of benzene rings is 1. The van der Waals surface area contributed by atoms with Crippen LogP contribution in [0.2, 0.25) is 0 Å². The number of fused-ring (bicyclic) bond motifs is 1. The molecule has 1 atom stereocenters. The zero-order valence-corrected chi connectivity index (χ0v) is 8.44. The standard InChI is InChI=1S/C10H8ClNO3/c11-8(13)5-12-9(14)6-3-1-2-4-7(6)10(12)15/h1-4,8,13H,5H2/t8-/m1/s1. The van der Waals surface area contributed by atoms with Gasteiger partial charge in [-0.3, -0.25) is 14.5 Å². The third-order valence-electron chi connectivity index (χ3n) is 2.21. The minimum Gasteiger partial charge on any atom is -0.376 e. The number of aliphatic hydroxyl groups is 1. The number of imide groups is 1. The third kappa shape index (κ3) is 1.62. The lowest BCUT2D eigenvalue weighted by molar-refractivity contribution is 0.0605. The molecular weight excluding hydrogens is 218 g/mol. The maximum atomic E-state index is 11.7. The molecule has 2 rings (SSSR count). The average molecular weight is 226 g/mol. The van der Waals surface area contributed by atoms with Gasteiger partial charge in [0.2, 0.25) is 0 Å². The van der Waals surface area contributed by atoms with E-state index >= 15 is 0 Å². The predicted octanol–water partition coefficient (Wildman–Crippen LogP) is 0.840. The van der Waals surface area contributed by atoms with Gasteiger partial charge in [-0.25, -0.2) is 0 Å². The molecule has 15 heavy (non-hydrogen) atoms. The number of hydrogen-bond donors (Lipinski definition) is 1. The molecule has 1 aromatic rings. The van der Waals surface area contributed by atoms with Crippen LogP contribution in [0.1, 0.15) is 20.7 Å². The van der Waals surface area contributed by atoms with Crippen LogP contribution < -0.4 is 0 Å². The average Bonchev–Trinajstić information content (AvgIpc) is 2.44. The summed E-state index contributed by atoms with van der Waals surface area (Å²) in [5, 5.41) is 8.95. The van der Waals surface area contributed by atoms with E-state index in [1.807, 2.05) is 0 Å². The van der Waals surface area contributed by atoms with E-state index in [9.17, 15) is 9.59 Å². The van der Waals surface area contributed by atoms with Crippen molar-refractivity contribution in [1.29, 1.82) is 0 Å². The summed E-state index contributed by atoms with van der Waals surface area (Å²) in [5.41, 5.74) is -0.508. The van der Waals surface area contributed by atoms with Crippen molar-refractivity contribution in [2.45, 2.75) is 5.56 Å². The van der Waals surface area contributed by atoms with E-state index in [1.165, 1.54) is 0 Å². The van der Waals surface area contributed by atoms with Gasteiger partial charge in [-0.05, 0) is 12.1 Å². The predicted molar refractivity (Wildman–Crippen MR) is 53.7 cm³/mol. The van der Waals surface area contributed by atoms with Gasteiger partial charge in [0.25, 0.3) is 11.8 Å². The zero-order valence-electron chi connectivity index (χ0n) is 7.68. The van der Waals surface area contributed by atoms with Crippen molar-refractivity contribution in [3.05, 3.63) is 35.4 Å². The van der Waals surface area contributed by atoms with Crippen molar-refractivity contribution in [2.75, 3.05) is 6.54 Å². The number of aliphatic hydroxyl groups excluding tert-OH is 1. The van der Waals surface area contributed by atoms with Crippen LogP contribution >= 0.6 is 11.6 Å². The number of carbonyl (C=O) groups is 2. The largest absolute Gasteiger partial charge is 0.376 e. The Hall–Kier alpha value is -1.39. The van der Waals surface area contributed by atoms with Gasteiger partial charge in [0, 0.05) is 0 Å². The van der Waals surface area contributed by atoms with E-state index in [4.69, 9.17) is 16.7 Å². The van der Waals surface area contributed by atoms with E-state index in [-0.39, 0.29) is 6.54 Å². The van der Waals surface area contributed by atoms with Crippen molar-refractivity contribution < 1.29 is 14.7 Å². The number of rotatable bonds is 2. The lowest BCUT2D eigenvalue weighted by Crippen LogP contribution is -2.34. The van der Waals surface area contributed by atoms with Gasteiger partial charge in [-0.15, -0.1) is 0 Å². The van der Waals surface area contributed by atoms with E-state index < -0.39 is 17.4 Å². The molecule has 0 aliphatic carbocycles. The SMILES string of the molecule is O=C1c2ccccc2C(=O)N1C[C@@H](O)Cl. The molecule has 1 heterocycles. The molecular formula is C10H8ClNO3. The summed E-state index contributed by atoms with van der Waals surface area (Å²) in [6.45, 7) is -0.187. The molecule has 0 bridgehead atoms. The summed E-state index contributed by atoms with van der Waals surface area (Å²) < 4.78 is 0. The maximum absolute atomic E-state index is 11.7. The highest BCUT2D eigenvalue weighted by Gasteiger charge is 2.35. The normalized spacial score (nSPS) is 16.8. The molecule has 0 radical (unpaired) electrons. The fraction of sp³-hybridized carbons (Fsp3) is 0.200. The summed E-state index contributed by atoms with van der Waals surface area (Å²) in [6.07, 6.45) is 0. The molecule has 1 aliphatic rings. The first-order chi connectivity index (χ1) is 7.11. The third-order valence-corrected chi connectivity index (χ3v) is 2.35. The van der Waals surface area contributed by atoms with E-state index in [1.54, 1.807) is 24.3 Å². The number of carbonyl (C=O) groups excluding carboxylic acids is 2. The fourth-order valence-corrected chi connectivity index (χ4v) is 1.69. The Labute approximate surface area is 91.1 Å². The molecule has 0 saturated carbocycles. The quantitative estimate of drug-likeness (QED) is 0.600. The van der Waals surface area contributed by atoms with Crippen LogP contribution in [-0.4, -0.2) is 33.9 Å². The van der Waals surface area contributed by atoms with Gasteiger partial charge in [-0.2, -0.15) is 0 Å². The molecule has 2 amide bonds. The van der Waals surface area contributed by atoms with Gasteiger partial charge in [-0.1, -0.05) is 23.7 Å². The molecule has 4 nitrogen and oxygen atoms in total. The highest BCUT2D eigenvalue weighted by molar-refractivity contribution is 6.23. The van der Waals surface area contributed by atoms with Crippen molar-refractivity contribution in [3.63, 3.8) is 0 Å². The van der Waals surface area contributed by atoms with Gasteiger partial charge >= 0.3 is 0 Å². The minimum atomic E-state index is -1.23. The second-order valence-electron chi connectivity index (χ2n) is 3.20. The minimum absolute atomic E-state index is 0.187. The number of β-amino-alcohol motifs (C(OH)–C–C–N with tert-alkyl or cyclic N) is 1. The van der Waals surface area contributed by atoms with Crippen LogP contribution in [0.3, 0.4) is 0 Å². The Morgan fingerprint density at radius 2 is 1.67 bits per heavy atom. The van der Waals surface area contributed by atoms with Gasteiger partial charge in [0.1, 0.15) is 5.56 Å². The van der Waals surface area contributed by atoms with Gasteiger partial charge in [0.05, 0.1) is 17.7 Å². The van der Waals surface area contributed by atoms with Crippen LogP contribution in [0.4, 0.5) is 0 Å². The number of halogens is 1. The second-order valence-corrected chi connectivity index (χ2v) is 3.70. The zero-order chi connectivity index (χ0) is 11.0. The van der Waals surface area contributed by atoms with Crippen LogP contribution in [-0.2, 0) is 0 Å². The lowest BCUT2D eigenvalue weighted by atomic mass is 10.1. The Balaban J connectivity index is 2.37. The van der Waals surface area contributed by atoms with Crippen molar-refractivity contribution in [1.82, 2.24) is 4.90 Å². The molecule has 1 aliphatic heterocycles. The second kappa shape index (κ2) is 3.64. The van der Waals surface area contributed by atoms with Crippen LogP contribution in [0.5, 0.6) is 0 Å². The maximum Gasteiger partial charge on any atom is 0.261 e. The molecule has 5 heteroatoms. The summed E-state index contributed by atoms with van der Waals surface area (Å²) in [6, 6.07) is 6.53. The number of hydrogen-bond acceptors (Lipinski definition) is 3. The molecule has 0 fully saturated rings. The first kappa shape index (κ1) is 10.1. The number of amides is 2. The smallest absolute Gasteiger partial charge is 0.261 e. The van der Waals surface area contributed by atoms with Crippen LogP contribution in [0.25, 0.3) is 0 Å².